The van der Waals surface area contributed by atoms with Crippen molar-refractivity contribution >= 4 is 0 Å². The summed E-state index contributed by atoms with van der Waals surface area (Å²) in [5, 5.41) is 0. The third-order valence-corrected chi connectivity index (χ3v) is 8.46. The van der Waals surface area contributed by atoms with Crippen LogP contribution in [0.2, 0.25) is 0 Å². The van der Waals surface area contributed by atoms with Crippen molar-refractivity contribution in [2.75, 3.05) is 0 Å². The van der Waals surface area contributed by atoms with E-state index in [1.165, 1.54) is 50.7 Å². The third kappa shape index (κ3) is 8.13. The summed E-state index contributed by atoms with van der Waals surface area (Å²) >= 11 is 0. The highest BCUT2D eigenvalue weighted by Gasteiger charge is 2.41. The summed E-state index contributed by atoms with van der Waals surface area (Å²) in [6.07, 6.45) is 6.90. The Hall–Kier alpha value is -4.39. The van der Waals surface area contributed by atoms with E-state index < -0.39 is 57.9 Å². The van der Waals surface area contributed by atoms with E-state index in [1.807, 2.05) is 18.3 Å². The second kappa shape index (κ2) is 14.6. The highest BCUT2D eigenvalue weighted by molar-refractivity contribution is 5.61. The van der Waals surface area contributed by atoms with Crippen molar-refractivity contribution in [3.05, 3.63) is 118 Å². The van der Waals surface area contributed by atoms with E-state index in [0.717, 1.165) is 24.3 Å². The molecule has 0 N–H and O–H groups in total. The van der Waals surface area contributed by atoms with Crippen LogP contribution in [-0.2, 0) is 6.11 Å². The van der Waals surface area contributed by atoms with Gasteiger partial charge in [0.1, 0.15) is 28.8 Å². The molecule has 1 aliphatic carbocycles. The number of aromatic nitrogens is 1. The van der Waals surface area contributed by atoms with Crippen molar-refractivity contribution in [3.8, 4) is 28.8 Å². The molecular weight excluding hydrogens is 626 g/mol. The van der Waals surface area contributed by atoms with Crippen LogP contribution in [0, 0.1) is 52.7 Å². The van der Waals surface area contributed by atoms with E-state index in [9.17, 15) is 35.1 Å². The van der Waals surface area contributed by atoms with Gasteiger partial charge in [0.25, 0.3) is 0 Å². The van der Waals surface area contributed by atoms with Gasteiger partial charge in [0.05, 0.1) is 11.3 Å². The first-order chi connectivity index (χ1) is 22.4. The summed E-state index contributed by atoms with van der Waals surface area (Å²) in [5.41, 5.74) is -0.138. The number of hydrogen-bond donors (Lipinski definition) is 0. The molecule has 47 heavy (non-hydrogen) atoms. The molecule has 246 valence electrons. The number of rotatable bonds is 9. The van der Waals surface area contributed by atoms with Crippen LogP contribution in [0.25, 0.3) is 11.3 Å². The van der Waals surface area contributed by atoms with Gasteiger partial charge in [0.15, 0.2) is 17.5 Å². The molecule has 1 aromatic heterocycles. The van der Waals surface area contributed by atoms with Crippen molar-refractivity contribution in [3.63, 3.8) is 0 Å². The zero-order valence-corrected chi connectivity index (χ0v) is 25.5. The molecule has 0 bridgehead atoms. The van der Waals surface area contributed by atoms with Crippen LogP contribution in [0.3, 0.4) is 0 Å². The molecular formula is C37H31F8NO. The van der Waals surface area contributed by atoms with E-state index in [-0.39, 0.29) is 17.7 Å². The Morgan fingerprint density at radius 2 is 1.45 bits per heavy atom. The van der Waals surface area contributed by atoms with Gasteiger partial charge in [-0.05, 0) is 73.4 Å². The standard InChI is InChI=1S/C37H31F8NO/c1-2-3-4-5-22-6-9-24(10-7-22)27-14-15-34(46-21-27)26-13-12-25(29(38)18-26)11-8-23-16-30(39)35(31(40)17-23)37(44,45)47-28-19-32(41)36(43)33(42)20-28/h12-22,24H,2-7,9-10H2,1H3. The third-order valence-electron chi connectivity index (χ3n) is 8.46. The average molecular weight is 658 g/mol. The Balaban J connectivity index is 1.25. The molecule has 0 saturated heterocycles. The van der Waals surface area contributed by atoms with Crippen molar-refractivity contribution in [2.24, 2.45) is 5.92 Å². The predicted molar refractivity (Wildman–Crippen MR) is 162 cm³/mol. The monoisotopic (exact) mass is 657 g/mol. The first kappa shape index (κ1) is 34.0. The van der Waals surface area contributed by atoms with Crippen LogP contribution in [0.1, 0.15) is 86.5 Å². The molecule has 0 amide bonds. The minimum absolute atomic E-state index is 0.105. The summed E-state index contributed by atoms with van der Waals surface area (Å²) in [4.78, 5) is 4.54. The van der Waals surface area contributed by atoms with Gasteiger partial charge in [-0.1, -0.05) is 56.6 Å². The Bertz CT molecular complexity index is 1740. The van der Waals surface area contributed by atoms with Crippen molar-refractivity contribution in [1.29, 1.82) is 0 Å². The molecule has 3 aromatic carbocycles. The first-order valence-electron chi connectivity index (χ1n) is 15.4. The maximum Gasteiger partial charge on any atom is 0.432 e. The molecule has 0 radical (unpaired) electrons. The molecule has 1 heterocycles. The smallest absolute Gasteiger partial charge is 0.429 e. The lowest BCUT2D eigenvalue weighted by Crippen LogP contribution is -2.25. The van der Waals surface area contributed by atoms with Crippen molar-refractivity contribution in [1.82, 2.24) is 4.98 Å². The molecule has 0 aliphatic heterocycles. The second-order valence-corrected chi connectivity index (χ2v) is 11.8. The van der Waals surface area contributed by atoms with Gasteiger partial charge in [-0.2, -0.15) is 8.78 Å². The number of unbranched alkanes of at least 4 members (excludes halogenated alkanes) is 2. The number of benzene rings is 3. The van der Waals surface area contributed by atoms with Crippen LogP contribution >= 0.6 is 0 Å². The fourth-order valence-corrected chi connectivity index (χ4v) is 5.91. The Labute approximate surface area is 267 Å². The lowest BCUT2D eigenvalue weighted by atomic mass is 9.77. The SMILES string of the molecule is CCCCCC1CCC(c2ccc(-c3ccc(C#Cc4cc(F)c(C(F)(F)Oc5cc(F)c(F)c(F)c5)c(F)c4)c(F)c3)nc2)CC1. The van der Waals surface area contributed by atoms with Crippen molar-refractivity contribution < 1.29 is 39.9 Å². The molecule has 0 atom stereocenters. The van der Waals surface area contributed by atoms with Gasteiger partial charge >= 0.3 is 6.11 Å². The van der Waals surface area contributed by atoms with E-state index in [1.54, 1.807) is 6.07 Å². The minimum atomic E-state index is -4.74. The molecule has 1 aliphatic rings. The lowest BCUT2D eigenvalue weighted by molar-refractivity contribution is -0.189. The zero-order valence-electron chi connectivity index (χ0n) is 25.5. The largest absolute Gasteiger partial charge is 0.432 e. The Morgan fingerprint density at radius 1 is 0.766 bits per heavy atom. The maximum absolute atomic E-state index is 15.0. The molecule has 0 spiro atoms. The molecule has 2 nitrogen and oxygen atoms in total. The fraction of sp³-hybridized carbons (Fsp3) is 0.324. The quantitative estimate of drug-likeness (QED) is 0.0774. The van der Waals surface area contributed by atoms with Crippen LogP contribution in [0.5, 0.6) is 5.75 Å². The number of ether oxygens (including phenoxy) is 1. The fourth-order valence-electron chi connectivity index (χ4n) is 5.91. The summed E-state index contributed by atoms with van der Waals surface area (Å²) in [7, 11) is 0. The highest BCUT2D eigenvalue weighted by atomic mass is 19.3. The van der Waals surface area contributed by atoms with Crippen LogP contribution in [0.4, 0.5) is 35.1 Å². The number of nitrogens with zero attached hydrogens (tertiary/aromatic N) is 1. The summed E-state index contributed by atoms with van der Waals surface area (Å²) in [6, 6.07) is 9.23. The van der Waals surface area contributed by atoms with Gasteiger partial charge in [-0.15, -0.1) is 0 Å². The summed E-state index contributed by atoms with van der Waals surface area (Å²) in [6.45, 7) is 2.21. The van der Waals surface area contributed by atoms with E-state index in [0.29, 0.717) is 29.3 Å². The molecule has 10 heteroatoms. The molecule has 1 saturated carbocycles. The van der Waals surface area contributed by atoms with Gasteiger partial charge in [-0.25, -0.2) is 26.3 Å². The molecule has 4 aromatic rings. The van der Waals surface area contributed by atoms with Gasteiger partial charge in [-0.3, -0.25) is 4.98 Å². The van der Waals surface area contributed by atoms with E-state index >= 15 is 0 Å². The molecule has 1 fully saturated rings. The second-order valence-electron chi connectivity index (χ2n) is 11.8. The predicted octanol–water partition coefficient (Wildman–Crippen LogP) is 11.0. The minimum Gasteiger partial charge on any atom is -0.429 e. The average Bonchev–Trinajstić information content (AvgIpc) is 3.03. The van der Waals surface area contributed by atoms with Gasteiger partial charge < -0.3 is 4.74 Å². The number of hydrogen-bond acceptors (Lipinski definition) is 2. The molecule has 5 rings (SSSR count). The number of pyridine rings is 1. The van der Waals surface area contributed by atoms with E-state index in [4.69, 9.17) is 0 Å². The summed E-state index contributed by atoms with van der Waals surface area (Å²) in [5.74, 6) is -5.07. The first-order valence-corrected chi connectivity index (χ1v) is 15.4. The van der Waals surface area contributed by atoms with Crippen LogP contribution < -0.4 is 4.74 Å². The Kier molecular flexibility index (Phi) is 10.5. The van der Waals surface area contributed by atoms with Gasteiger partial charge in [0.2, 0.25) is 0 Å². The topological polar surface area (TPSA) is 22.1 Å². The van der Waals surface area contributed by atoms with E-state index in [2.05, 4.69) is 28.5 Å². The molecule has 0 unspecified atom stereocenters. The zero-order chi connectivity index (χ0) is 33.7. The summed E-state index contributed by atoms with van der Waals surface area (Å²) < 4.78 is 117. The van der Waals surface area contributed by atoms with Crippen LogP contribution in [-0.4, -0.2) is 4.98 Å². The van der Waals surface area contributed by atoms with Crippen molar-refractivity contribution in [2.45, 2.75) is 70.3 Å². The highest BCUT2D eigenvalue weighted by Crippen LogP contribution is 2.38. The lowest BCUT2D eigenvalue weighted by Gasteiger charge is -2.28. The van der Waals surface area contributed by atoms with Gasteiger partial charge in [0, 0.05) is 29.5 Å². The normalized spacial score (nSPS) is 16.4. The maximum atomic E-state index is 15.0. The number of halogens is 8. The van der Waals surface area contributed by atoms with Crippen LogP contribution in [0.15, 0.2) is 60.8 Å². The Morgan fingerprint density at radius 3 is 2.04 bits per heavy atom. The number of alkyl halides is 2.